The summed E-state index contributed by atoms with van der Waals surface area (Å²) in [5.74, 6) is -0.389. The summed E-state index contributed by atoms with van der Waals surface area (Å²) in [7, 11) is -0.801. The van der Waals surface area contributed by atoms with Gasteiger partial charge in [-0.3, -0.25) is 9.59 Å². The maximum Gasteiger partial charge on any atom is 0.252 e. The molecule has 0 aromatic heterocycles. The monoisotopic (exact) mass is 445 g/mol. The number of benzene rings is 1. The van der Waals surface area contributed by atoms with Gasteiger partial charge in [0.15, 0.2) is 0 Å². The number of carbonyl (C=O) groups excluding carboxylic acids is 2. The van der Waals surface area contributed by atoms with Crippen LogP contribution in [0.3, 0.4) is 0 Å². The van der Waals surface area contributed by atoms with Gasteiger partial charge in [-0.25, -0.2) is 12.7 Å². The van der Waals surface area contributed by atoms with Crippen molar-refractivity contribution in [3.05, 3.63) is 28.8 Å². The highest BCUT2D eigenvalue weighted by molar-refractivity contribution is 7.89. The third-order valence-corrected chi connectivity index (χ3v) is 6.83. The first kappa shape index (κ1) is 25.4. The number of hydrogen-bond donors (Lipinski definition) is 2. The van der Waals surface area contributed by atoms with Gasteiger partial charge in [0.1, 0.15) is 0 Å². The highest BCUT2D eigenvalue weighted by atomic mass is 35.5. The van der Waals surface area contributed by atoms with Crippen molar-refractivity contribution in [2.24, 2.45) is 0 Å². The fourth-order valence-corrected chi connectivity index (χ4v) is 3.59. The SMILES string of the molecule is CCC(C)(C)NC(=O)CCCCCNC(=O)c1cc(S(=O)(=O)N(C)C)ccc1Cl. The molecule has 9 heteroatoms. The van der Waals surface area contributed by atoms with Gasteiger partial charge in [-0.1, -0.05) is 24.9 Å². The van der Waals surface area contributed by atoms with Gasteiger partial charge in [-0.2, -0.15) is 0 Å². The van der Waals surface area contributed by atoms with E-state index in [0.717, 1.165) is 23.6 Å². The van der Waals surface area contributed by atoms with Gasteiger partial charge in [0, 0.05) is 32.6 Å². The summed E-state index contributed by atoms with van der Waals surface area (Å²) >= 11 is 6.07. The highest BCUT2D eigenvalue weighted by Crippen LogP contribution is 2.22. The minimum Gasteiger partial charge on any atom is -0.352 e. The molecule has 0 heterocycles. The molecule has 0 saturated heterocycles. The Morgan fingerprint density at radius 1 is 1.14 bits per heavy atom. The Bertz CT molecular complexity index is 823. The van der Waals surface area contributed by atoms with Crippen molar-refractivity contribution in [1.29, 1.82) is 0 Å². The standard InChI is InChI=1S/C20H32ClN3O4S/c1-6-20(2,3)23-18(25)10-8-7-9-13-22-19(26)16-14-15(11-12-17(16)21)29(27,28)24(4)5/h11-12,14H,6-10,13H2,1-5H3,(H,22,26)(H,23,25). The predicted octanol–water partition coefficient (Wildman–Crippen LogP) is 3.19. The van der Waals surface area contributed by atoms with Gasteiger partial charge in [0.2, 0.25) is 15.9 Å². The summed E-state index contributed by atoms with van der Waals surface area (Å²) in [5, 5.41) is 5.93. The summed E-state index contributed by atoms with van der Waals surface area (Å²) < 4.78 is 25.5. The van der Waals surface area contributed by atoms with Crippen molar-refractivity contribution in [3.63, 3.8) is 0 Å². The van der Waals surface area contributed by atoms with Gasteiger partial charge in [-0.15, -0.1) is 0 Å². The van der Waals surface area contributed by atoms with Crippen LogP contribution in [0.5, 0.6) is 0 Å². The zero-order chi connectivity index (χ0) is 22.2. The van der Waals surface area contributed by atoms with Crippen molar-refractivity contribution in [2.75, 3.05) is 20.6 Å². The van der Waals surface area contributed by atoms with Gasteiger partial charge < -0.3 is 10.6 Å². The van der Waals surface area contributed by atoms with E-state index in [-0.39, 0.29) is 26.9 Å². The van der Waals surface area contributed by atoms with E-state index >= 15 is 0 Å². The highest BCUT2D eigenvalue weighted by Gasteiger charge is 2.21. The second-order valence-electron chi connectivity index (χ2n) is 7.78. The van der Waals surface area contributed by atoms with Crippen molar-refractivity contribution < 1.29 is 18.0 Å². The average molecular weight is 446 g/mol. The topological polar surface area (TPSA) is 95.6 Å². The first-order valence-electron chi connectivity index (χ1n) is 9.72. The second-order valence-corrected chi connectivity index (χ2v) is 10.3. The molecule has 164 valence electrons. The molecule has 0 aliphatic heterocycles. The van der Waals surface area contributed by atoms with Crippen LogP contribution in [0, 0.1) is 0 Å². The molecule has 0 fully saturated rings. The number of hydrogen-bond acceptors (Lipinski definition) is 4. The van der Waals surface area contributed by atoms with Crippen LogP contribution in [0.1, 0.15) is 63.2 Å². The molecule has 7 nitrogen and oxygen atoms in total. The van der Waals surface area contributed by atoms with Crippen LogP contribution in [-0.2, 0) is 14.8 Å². The van der Waals surface area contributed by atoms with Crippen molar-refractivity contribution in [2.45, 2.75) is 63.3 Å². The lowest BCUT2D eigenvalue weighted by molar-refractivity contribution is -0.122. The number of nitrogens with one attached hydrogen (secondary N) is 2. The van der Waals surface area contributed by atoms with Crippen molar-refractivity contribution in [3.8, 4) is 0 Å². The van der Waals surface area contributed by atoms with E-state index in [4.69, 9.17) is 11.6 Å². The third kappa shape index (κ3) is 7.95. The number of rotatable bonds is 11. The number of sulfonamides is 1. The van der Waals surface area contributed by atoms with Crippen LogP contribution in [0.25, 0.3) is 0 Å². The normalized spacial score (nSPS) is 12.1. The van der Waals surface area contributed by atoms with Crippen LogP contribution in [0.2, 0.25) is 5.02 Å². The average Bonchev–Trinajstić information content (AvgIpc) is 2.64. The summed E-state index contributed by atoms with van der Waals surface area (Å²) in [5.41, 5.74) is -0.0744. The van der Waals surface area contributed by atoms with E-state index in [0.29, 0.717) is 19.4 Å². The summed E-state index contributed by atoms with van der Waals surface area (Å²) in [6, 6.07) is 4.06. The molecule has 0 radical (unpaired) electrons. The van der Waals surface area contributed by atoms with E-state index in [1.165, 1.54) is 32.3 Å². The van der Waals surface area contributed by atoms with Crippen molar-refractivity contribution in [1.82, 2.24) is 14.9 Å². The zero-order valence-electron chi connectivity index (χ0n) is 17.8. The molecule has 2 N–H and O–H groups in total. The Morgan fingerprint density at radius 3 is 2.38 bits per heavy atom. The van der Waals surface area contributed by atoms with E-state index in [9.17, 15) is 18.0 Å². The molecule has 1 rings (SSSR count). The Balaban J connectivity index is 2.49. The van der Waals surface area contributed by atoms with E-state index < -0.39 is 15.9 Å². The van der Waals surface area contributed by atoms with Crippen LogP contribution in [-0.4, -0.2) is 50.7 Å². The van der Waals surface area contributed by atoms with Gasteiger partial charge in [0.05, 0.1) is 15.5 Å². The molecule has 0 unspecified atom stereocenters. The molecule has 0 bridgehead atoms. The van der Waals surface area contributed by atoms with E-state index in [2.05, 4.69) is 10.6 Å². The molecule has 0 aliphatic carbocycles. The van der Waals surface area contributed by atoms with Crippen molar-refractivity contribution >= 4 is 33.4 Å². The molecular weight excluding hydrogens is 414 g/mol. The Kier molecular flexibility index (Phi) is 9.58. The minimum atomic E-state index is -3.65. The lowest BCUT2D eigenvalue weighted by Crippen LogP contribution is -2.42. The number of amides is 2. The van der Waals surface area contributed by atoms with Gasteiger partial charge >= 0.3 is 0 Å². The Labute approximate surface area is 179 Å². The fraction of sp³-hybridized carbons (Fsp3) is 0.600. The summed E-state index contributed by atoms with van der Waals surface area (Å²) in [6.07, 6.45) is 3.56. The molecule has 1 aromatic carbocycles. The van der Waals surface area contributed by atoms with Crippen LogP contribution >= 0.6 is 11.6 Å². The lowest BCUT2D eigenvalue weighted by Gasteiger charge is -2.24. The van der Waals surface area contributed by atoms with Gasteiger partial charge in [0.25, 0.3) is 5.91 Å². The Hall–Kier alpha value is -1.64. The molecule has 29 heavy (non-hydrogen) atoms. The second kappa shape index (κ2) is 10.9. The largest absolute Gasteiger partial charge is 0.352 e. The number of nitrogens with zero attached hydrogens (tertiary/aromatic N) is 1. The summed E-state index contributed by atoms with van der Waals surface area (Å²) in [6.45, 7) is 6.43. The molecule has 0 saturated carbocycles. The first-order chi connectivity index (χ1) is 13.4. The summed E-state index contributed by atoms with van der Waals surface area (Å²) in [4.78, 5) is 24.3. The number of carbonyl (C=O) groups is 2. The smallest absolute Gasteiger partial charge is 0.252 e. The molecule has 0 atom stereocenters. The number of halogens is 1. The molecule has 0 aliphatic rings. The lowest BCUT2D eigenvalue weighted by atomic mass is 10.0. The Morgan fingerprint density at radius 2 is 1.79 bits per heavy atom. The van der Waals surface area contributed by atoms with Crippen LogP contribution in [0.4, 0.5) is 0 Å². The molecular formula is C20H32ClN3O4S. The maximum atomic E-state index is 12.4. The maximum absolute atomic E-state index is 12.4. The van der Waals surface area contributed by atoms with Crippen LogP contribution in [0.15, 0.2) is 23.1 Å². The molecule has 0 spiro atoms. The van der Waals surface area contributed by atoms with E-state index in [1.54, 1.807) is 0 Å². The van der Waals surface area contributed by atoms with E-state index in [1.807, 2.05) is 20.8 Å². The fourth-order valence-electron chi connectivity index (χ4n) is 2.46. The quantitative estimate of drug-likeness (QED) is 0.511. The molecule has 1 aromatic rings. The molecule has 2 amide bonds. The van der Waals surface area contributed by atoms with Crippen LogP contribution < -0.4 is 10.6 Å². The predicted molar refractivity (Wildman–Crippen MR) is 116 cm³/mol. The van der Waals surface area contributed by atoms with Gasteiger partial charge in [-0.05, 0) is 51.3 Å². The first-order valence-corrected chi connectivity index (χ1v) is 11.5. The minimum absolute atomic E-state index is 0.0121. The zero-order valence-corrected chi connectivity index (χ0v) is 19.4. The number of unbranched alkanes of at least 4 members (excludes halogenated alkanes) is 2. The third-order valence-electron chi connectivity index (χ3n) is 4.69.